The Morgan fingerprint density at radius 1 is 1.07 bits per heavy atom. The Morgan fingerprint density at radius 3 is 2.60 bits per heavy atom. The van der Waals surface area contributed by atoms with Crippen LogP contribution in [0.25, 0.3) is 0 Å². The van der Waals surface area contributed by atoms with Gasteiger partial charge in [-0.25, -0.2) is 0 Å². The molecule has 1 aliphatic rings. The Kier molecular flexibility index (Phi) is 5.20. The molecule has 1 heterocycles. The maximum absolute atomic E-state index is 12.3. The van der Waals surface area contributed by atoms with E-state index in [0.717, 1.165) is 5.56 Å². The Labute approximate surface area is 178 Å². The maximum atomic E-state index is 12.3. The van der Waals surface area contributed by atoms with Crippen LogP contribution in [0, 0.1) is 0 Å². The van der Waals surface area contributed by atoms with Crippen molar-refractivity contribution >= 4 is 46.0 Å². The van der Waals surface area contributed by atoms with Gasteiger partial charge in [-0.15, -0.1) is 5.11 Å². The maximum Gasteiger partial charge on any atom is 0.248 e. The Bertz CT molecular complexity index is 1190. The zero-order valence-electron chi connectivity index (χ0n) is 16.1. The summed E-state index contributed by atoms with van der Waals surface area (Å²) in [5.41, 5.74) is 9.90. The van der Waals surface area contributed by atoms with Gasteiger partial charge in [0.15, 0.2) is 0 Å². The van der Waals surface area contributed by atoms with Crippen LogP contribution in [0.3, 0.4) is 0 Å². The molecule has 30 heavy (non-hydrogen) atoms. The highest BCUT2D eigenvalue weighted by Crippen LogP contribution is 2.33. The third-order valence-electron chi connectivity index (χ3n) is 4.74. The highest BCUT2D eigenvalue weighted by molar-refractivity contribution is 6.32. The van der Waals surface area contributed by atoms with Crippen molar-refractivity contribution in [2.45, 2.75) is 0 Å². The number of carbonyl (C=O) groups excluding carboxylic acids is 1. The lowest BCUT2D eigenvalue weighted by Gasteiger charge is -2.18. The van der Waals surface area contributed by atoms with Crippen molar-refractivity contribution in [3.05, 3.63) is 76.8 Å². The lowest BCUT2D eigenvalue weighted by molar-refractivity contribution is -0.116. The van der Waals surface area contributed by atoms with E-state index in [4.69, 9.17) is 17.3 Å². The molecule has 1 aliphatic heterocycles. The number of anilines is 2. The summed E-state index contributed by atoms with van der Waals surface area (Å²) < 4.78 is 0. The number of nitrogens with two attached hydrogens (primary N) is 1. The van der Waals surface area contributed by atoms with Crippen LogP contribution in [0.2, 0.25) is 5.02 Å². The minimum atomic E-state index is -0.129. The van der Waals surface area contributed by atoms with E-state index in [9.17, 15) is 9.90 Å². The monoisotopic (exact) mass is 419 g/mol. The van der Waals surface area contributed by atoms with Gasteiger partial charge in [0, 0.05) is 28.9 Å². The van der Waals surface area contributed by atoms with Gasteiger partial charge in [0.25, 0.3) is 0 Å². The number of phenolic OH excluding ortho intramolecular Hbond substituents is 1. The average molecular weight is 420 g/mol. The average Bonchev–Trinajstić information content (AvgIpc) is 2.85. The minimum Gasteiger partial charge on any atom is -0.506 e. The molecule has 4 rings (SSSR count). The molecule has 0 saturated carbocycles. The summed E-state index contributed by atoms with van der Waals surface area (Å²) in [7, 11) is 1.70. The van der Waals surface area contributed by atoms with Crippen LogP contribution in [-0.2, 0) is 4.79 Å². The number of aromatic hydroxyl groups is 1. The second kappa shape index (κ2) is 7.96. The van der Waals surface area contributed by atoms with Gasteiger partial charge in [0.05, 0.1) is 17.1 Å². The Balaban J connectivity index is 1.77. The van der Waals surface area contributed by atoms with Crippen LogP contribution in [0.5, 0.6) is 5.75 Å². The van der Waals surface area contributed by atoms with E-state index in [2.05, 4.69) is 15.2 Å². The SMILES string of the molecule is CN1C(=O)CN=C(c2ccc(O)c(/N=N/c3ccc(N)cc3)c2)c2cc(Cl)ccc21. The molecule has 0 saturated heterocycles. The highest BCUT2D eigenvalue weighted by Gasteiger charge is 2.23. The van der Waals surface area contributed by atoms with Crippen LogP contribution in [0.15, 0.2) is 75.9 Å². The molecule has 150 valence electrons. The van der Waals surface area contributed by atoms with E-state index in [1.165, 1.54) is 6.07 Å². The number of hydrogen-bond donors (Lipinski definition) is 2. The van der Waals surface area contributed by atoms with E-state index in [1.54, 1.807) is 66.5 Å². The molecule has 0 atom stereocenters. The van der Waals surface area contributed by atoms with Crippen LogP contribution in [-0.4, -0.2) is 30.3 Å². The van der Waals surface area contributed by atoms with Crippen molar-refractivity contribution < 1.29 is 9.90 Å². The molecule has 0 fully saturated rings. The summed E-state index contributed by atoms with van der Waals surface area (Å²) in [6.45, 7) is 0.00129. The lowest BCUT2D eigenvalue weighted by atomic mass is 9.99. The Morgan fingerprint density at radius 2 is 1.83 bits per heavy atom. The first-order chi connectivity index (χ1) is 14.4. The van der Waals surface area contributed by atoms with E-state index in [-0.39, 0.29) is 23.9 Å². The van der Waals surface area contributed by atoms with Gasteiger partial charge in [-0.05, 0) is 60.7 Å². The molecule has 8 heteroatoms. The third-order valence-corrected chi connectivity index (χ3v) is 4.97. The summed E-state index contributed by atoms with van der Waals surface area (Å²) in [6, 6.07) is 17.1. The molecule has 1 amide bonds. The third kappa shape index (κ3) is 3.88. The van der Waals surface area contributed by atoms with Crippen molar-refractivity contribution in [3.8, 4) is 5.75 Å². The van der Waals surface area contributed by atoms with Gasteiger partial charge in [-0.1, -0.05) is 11.6 Å². The number of benzodiazepines with no additional fused rings is 1. The first-order valence-electron chi connectivity index (χ1n) is 9.14. The van der Waals surface area contributed by atoms with Crippen LogP contribution in [0.1, 0.15) is 11.1 Å². The molecule has 3 aromatic carbocycles. The molecule has 0 aromatic heterocycles. The zero-order valence-corrected chi connectivity index (χ0v) is 16.8. The second-order valence-electron chi connectivity index (χ2n) is 6.77. The predicted octanol–water partition coefficient (Wildman–Crippen LogP) is 4.86. The molecule has 0 aliphatic carbocycles. The number of rotatable bonds is 3. The summed E-state index contributed by atoms with van der Waals surface area (Å²) in [6.07, 6.45) is 0. The van der Waals surface area contributed by atoms with E-state index in [0.29, 0.717) is 33.4 Å². The molecule has 3 N–H and O–H groups in total. The van der Waals surface area contributed by atoms with Crippen molar-refractivity contribution in [1.29, 1.82) is 0 Å². The number of nitrogen functional groups attached to an aromatic ring is 1. The fourth-order valence-corrected chi connectivity index (χ4v) is 3.29. The molecule has 0 unspecified atom stereocenters. The molecule has 3 aromatic rings. The van der Waals surface area contributed by atoms with Crippen molar-refractivity contribution in [1.82, 2.24) is 0 Å². The number of aliphatic imine (C=N–C) groups is 1. The van der Waals surface area contributed by atoms with Gasteiger partial charge in [-0.2, -0.15) is 5.11 Å². The molecule has 7 nitrogen and oxygen atoms in total. The van der Waals surface area contributed by atoms with Crippen molar-refractivity contribution in [3.63, 3.8) is 0 Å². The normalized spacial score (nSPS) is 13.9. The lowest BCUT2D eigenvalue weighted by Crippen LogP contribution is -2.27. The van der Waals surface area contributed by atoms with Gasteiger partial charge < -0.3 is 15.7 Å². The van der Waals surface area contributed by atoms with E-state index in [1.807, 2.05) is 0 Å². The first kappa shape index (κ1) is 19.6. The van der Waals surface area contributed by atoms with Crippen molar-refractivity contribution in [2.75, 3.05) is 24.2 Å². The molecular weight excluding hydrogens is 402 g/mol. The fourth-order valence-electron chi connectivity index (χ4n) is 3.11. The number of carbonyl (C=O) groups is 1. The molecule has 0 radical (unpaired) electrons. The van der Waals surface area contributed by atoms with E-state index >= 15 is 0 Å². The van der Waals surface area contributed by atoms with Gasteiger partial charge in [0.2, 0.25) is 5.91 Å². The predicted molar refractivity (Wildman–Crippen MR) is 119 cm³/mol. The number of halogens is 1. The number of nitrogens with zero attached hydrogens (tertiary/aromatic N) is 4. The van der Waals surface area contributed by atoms with Gasteiger partial charge in [-0.3, -0.25) is 9.79 Å². The number of benzene rings is 3. The summed E-state index contributed by atoms with van der Waals surface area (Å²) >= 11 is 6.21. The number of azo groups is 1. The van der Waals surface area contributed by atoms with Crippen LogP contribution < -0.4 is 10.6 Å². The molecule has 0 spiro atoms. The largest absolute Gasteiger partial charge is 0.506 e. The van der Waals surface area contributed by atoms with Crippen LogP contribution >= 0.6 is 11.6 Å². The Hall–Kier alpha value is -3.71. The fraction of sp³-hybridized carbons (Fsp3) is 0.0909. The quantitative estimate of drug-likeness (QED) is 0.468. The number of hydrogen-bond acceptors (Lipinski definition) is 6. The minimum absolute atomic E-state index is 0.00129. The summed E-state index contributed by atoms with van der Waals surface area (Å²) in [5, 5.41) is 19.1. The zero-order chi connectivity index (χ0) is 21.3. The van der Waals surface area contributed by atoms with Crippen LogP contribution in [0.4, 0.5) is 22.7 Å². The van der Waals surface area contributed by atoms with Crippen molar-refractivity contribution in [2.24, 2.45) is 15.2 Å². The first-order valence-corrected chi connectivity index (χ1v) is 9.52. The highest BCUT2D eigenvalue weighted by atomic mass is 35.5. The number of fused-ring (bicyclic) bond motifs is 1. The number of amides is 1. The number of likely N-dealkylation sites (N-methyl/N-ethyl adjacent to an activating group) is 1. The number of phenols is 1. The van der Waals surface area contributed by atoms with Gasteiger partial charge in [0.1, 0.15) is 18.0 Å². The summed E-state index contributed by atoms with van der Waals surface area (Å²) in [4.78, 5) is 18.4. The second-order valence-corrected chi connectivity index (χ2v) is 7.21. The van der Waals surface area contributed by atoms with Gasteiger partial charge >= 0.3 is 0 Å². The molecule has 0 bridgehead atoms. The van der Waals surface area contributed by atoms with E-state index < -0.39 is 0 Å². The summed E-state index contributed by atoms with van der Waals surface area (Å²) in [5.74, 6) is -0.151. The molecular formula is C22H18ClN5O2. The standard InChI is InChI=1S/C22H18ClN5O2/c1-28-19-8-3-14(23)11-17(19)22(25-12-21(28)30)13-2-9-20(29)18(10-13)27-26-16-6-4-15(24)5-7-16/h2-11,29H,12,24H2,1H3/b27-26+. The smallest absolute Gasteiger partial charge is 0.248 e. The topological polar surface area (TPSA) is 104 Å².